The number of anilines is 1. The Morgan fingerprint density at radius 3 is 1.98 bits per heavy atom. The molecule has 43 heavy (non-hydrogen) atoms. The second-order valence-electron chi connectivity index (χ2n) is 10.6. The van der Waals surface area contributed by atoms with Gasteiger partial charge in [-0.1, -0.05) is 19.3 Å². The highest BCUT2D eigenvalue weighted by Gasteiger charge is 2.38. The highest BCUT2D eigenvalue weighted by atomic mass is 32.2. The number of piperidine rings is 1. The molecule has 2 aromatic rings. The van der Waals surface area contributed by atoms with Crippen LogP contribution in [0.5, 0.6) is 0 Å². The van der Waals surface area contributed by atoms with Crippen molar-refractivity contribution in [3.8, 4) is 0 Å². The minimum atomic E-state index is -5.08. The van der Waals surface area contributed by atoms with Crippen molar-refractivity contribution in [3.05, 3.63) is 59.7 Å². The molecule has 1 saturated carbocycles. The lowest BCUT2D eigenvalue weighted by molar-refractivity contribution is -0.192. The zero-order valence-electron chi connectivity index (χ0n) is 23.0. The number of sulfonamides is 1. The van der Waals surface area contributed by atoms with E-state index in [1.165, 1.54) is 68.5 Å². The van der Waals surface area contributed by atoms with Gasteiger partial charge in [-0.3, -0.25) is 4.79 Å². The van der Waals surface area contributed by atoms with Gasteiger partial charge in [0.05, 0.1) is 10.5 Å². The molecule has 1 aliphatic carbocycles. The molecule has 2 fully saturated rings. The SMILES string of the molecule is O=C(Nc1ccc(C(F)(F)F)cc1)c1ccc(S(=O)(=O)NC2CCCN(CC3CCCCC3)C2)cc1.O=C(O)C(F)(F)F. The van der Waals surface area contributed by atoms with Crippen LogP contribution in [-0.2, 0) is 21.0 Å². The molecular weight excluding hydrogens is 604 g/mol. The number of carboxylic acids is 1. The van der Waals surface area contributed by atoms with Crippen molar-refractivity contribution in [3.63, 3.8) is 0 Å². The third-order valence-corrected chi connectivity index (χ3v) is 8.74. The second-order valence-corrected chi connectivity index (χ2v) is 12.3. The van der Waals surface area contributed by atoms with Crippen molar-refractivity contribution in [2.75, 3.05) is 25.0 Å². The van der Waals surface area contributed by atoms with E-state index in [-0.39, 0.29) is 22.2 Å². The van der Waals surface area contributed by atoms with Gasteiger partial charge in [0.1, 0.15) is 0 Å². The number of hydrogen-bond donors (Lipinski definition) is 3. The quantitative estimate of drug-likeness (QED) is 0.325. The predicted molar refractivity (Wildman–Crippen MR) is 146 cm³/mol. The molecule has 1 aliphatic heterocycles. The number of amides is 1. The maximum absolute atomic E-state index is 13.0. The summed E-state index contributed by atoms with van der Waals surface area (Å²) in [5.74, 6) is -2.60. The first-order chi connectivity index (χ1) is 20.0. The number of carboxylic acid groups (broad SMARTS) is 1. The van der Waals surface area contributed by atoms with E-state index in [4.69, 9.17) is 9.90 Å². The molecule has 0 bridgehead atoms. The zero-order valence-corrected chi connectivity index (χ0v) is 23.9. The number of nitrogens with zero attached hydrogens (tertiary/aromatic N) is 1. The van der Waals surface area contributed by atoms with Crippen molar-refractivity contribution in [1.82, 2.24) is 9.62 Å². The lowest BCUT2D eigenvalue weighted by Crippen LogP contribution is -2.48. The van der Waals surface area contributed by atoms with Crippen molar-refractivity contribution >= 4 is 27.6 Å². The molecule has 1 heterocycles. The Balaban J connectivity index is 0.000000646. The van der Waals surface area contributed by atoms with E-state index in [1.807, 2.05) is 0 Å². The van der Waals surface area contributed by atoms with Crippen LogP contribution in [0.15, 0.2) is 53.4 Å². The number of carbonyl (C=O) groups is 2. The van der Waals surface area contributed by atoms with Gasteiger partial charge in [0.15, 0.2) is 0 Å². The molecule has 2 aliphatic rings. The van der Waals surface area contributed by atoms with Crippen LogP contribution in [0.1, 0.15) is 60.9 Å². The van der Waals surface area contributed by atoms with Crippen molar-refractivity contribution in [2.45, 2.75) is 68.2 Å². The maximum atomic E-state index is 13.0. The average Bonchev–Trinajstić information content (AvgIpc) is 2.93. The van der Waals surface area contributed by atoms with Gasteiger partial charge in [-0.25, -0.2) is 17.9 Å². The van der Waals surface area contributed by atoms with E-state index >= 15 is 0 Å². The first-order valence-electron chi connectivity index (χ1n) is 13.7. The number of rotatable bonds is 7. The Kier molecular flexibility index (Phi) is 11.6. The van der Waals surface area contributed by atoms with Gasteiger partial charge in [0.2, 0.25) is 10.0 Å². The predicted octanol–water partition coefficient (Wildman–Crippen LogP) is 5.91. The minimum Gasteiger partial charge on any atom is -0.475 e. The average molecular weight is 638 g/mol. The van der Waals surface area contributed by atoms with Gasteiger partial charge >= 0.3 is 18.3 Å². The van der Waals surface area contributed by atoms with E-state index in [9.17, 15) is 39.6 Å². The van der Waals surface area contributed by atoms with Crippen LogP contribution < -0.4 is 10.0 Å². The van der Waals surface area contributed by atoms with E-state index < -0.39 is 39.8 Å². The van der Waals surface area contributed by atoms with Crippen LogP contribution in [0.3, 0.4) is 0 Å². The van der Waals surface area contributed by atoms with Crippen LogP contribution in [0.25, 0.3) is 0 Å². The summed E-state index contributed by atoms with van der Waals surface area (Å²) in [6.07, 6.45) is -1.41. The van der Waals surface area contributed by atoms with Gasteiger partial charge < -0.3 is 15.3 Å². The lowest BCUT2D eigenvalue weighted by Gasteiger charge is -2.36. The summed E-state index contributed by atoms with van der Waals surface area (Å²) < 4.78 is 98.6. The molecule has 2 aromatic carbocycles. The number of alkyl halides is 6. The molecule has 1 atom stereocenters. The van der Waals surface area contributed by atoms with E-state index in [1.54, 1.807) is 0 Å². The van der Waals surface area contributed by atoms with Crippen LogP contribution in [-0.4, -0.2) is 62.2 Å². The molecule has 1 amide bonds. The summed E-state index contributed by atoms with van der Waals surface area (Å²) in [5.41, 5.74) is -0.399. The van der Waals surface area contributed by atoms with Gasteiger partial charge in [0.25, 0.3) is 5.91 Å². The minimum absolute atomic E-state index is 0.0676. The fourth-order valence-corrected chi connectivity index (χ4v) is 6.33. The second kappa shape index (κ2) is 14.5. The molecule has 0 spiro atoms. The number of hydrogen-bond acceptors (Lipinski definition) is 5. The van der Waals surface area contributed by atoms with E-state index in [0.717, 1.165) is 38.1 Å². The third-order valence-electron chi connectivity index (χ3n) is 7.21. The van der Waals surface area contributed by atoms with Crippen molar-refractivity contribution < 1.29 is 49.5 Å². The largest absolute Gasteiger partial charge is 0.490 e. The lowest BCUT2D eigenvalue weighted by atomic mass is 9.88. The Hall–Kier alpha value is -3.17. The molecule has 1 unspecified atom stereocenters. The monoisotopic (exact) mass is 637 g/mol. The maximum Gasteiger partial charge on any atom is 0.490 e. The van der Waals surface area contributed by atoms with Crippen molar-refractivity contribution in [1.29, 1.82) is 0 Å². The molecule has 15 heteroatoms. The highest BCUT2D eigenvalue weighted by Crippen LogP contribution is 2.30. The summed E-state index contributed by atoms with van der Waals surface area (Å²) >= 11 is 0. The van der Waals surface area contributed by atoms with Gasteiger partial charge in [-0.2, -0.15) is 26.3 Å². The fourth-order valence-electron chi connectivity index (χ4n) is 5.07. The standard InChI is InChI=1S/C26H32F3N3O3S.C2HF3O2/c27-26(28,29)21-10-12-22(13-11-21)30-25(33)20-8-14-24(15-9-20)36(34,35)31-23-7-4-16-32(18-23)17-19-5-2-1-3-6-19;3-2(4,5)1(6)7/h8-15,19,23,31H,1-7,16-18H2,(H,30,33);(H,6,7). The molecule has 1 saturated heterocycles. The number of nitrogens with one attached hydrogen (secondary N) is 2. The third kappa shape index (κ3) is 10.8. The molecule has 8 nitrogen and oxygen atoms in total. The van der Waals surface area contributed by atoms with Crippen LogP contribution in [0.4, 0.5) is 32.0 Å². The van der Waals surface area contributed by atoms with E-state index in [0.29, 0.717) is 12.5 Å². The smallest absolute Gasteiger partial charge is 0.475 e. The molecular formula is C28H33F6N3O5S. The molecule has 238 valence electrons. The van der Waals surface area contributed by atoms with Crippen LogP contribution in [0, 0.1) is 5.92 Å². The topological polar surface area (TPSA) is 116 Å². The summed E-state index contributed by atoms with van der Waals surface area (Å²) in [4.78, 5) is 23.8. The Bertz CT molecular complexity index is 1330. The molecule has 4 rings (SSSR count). The van der Waals surface area contributed by atoms with Gasteiger partial charge in [0, 0.05) is 30.4 Å². The van der Waals surface area contributed by atoms with Crippen LogP contribution in [0.2, 0.25) is 0 Å². The normalized spacial score (nSPS) is 18.8. The molecule has 3 N–H and O–H groups in total. The van der Waals surface area contributed by atoms with Gasteiger partial charge in [-0.05, 0) is 86.7 Å². The highest BCUT2D eigenvalue weighted by molar-refractivity contribution is 7.89. The summed E-state index contributed by atoms with van der Waals surface area (Å²) in [7, 11) is -3.75. The number of carbonyl (C=O) groups excluding carboxylic acids is 1. The Morgan fingerprint density at radius 2 is 1.44 bits per heavy atom. The fraction of sp³-hybridized carbons (Fsp3) is 0.500. The number of halogens is 6. The zero-order chi connectivity index (χ0) is 31.8. The Morgan fingerprint density at radius 1 is 0.860 bits per heavy atom. The number of benzene rings is 2. The van der Waals surface area contributed by atoms with E-state index in [2.05, 4.69) is 14.9 Å². The molecule has 0 aromatic heterocycles. The first kappa shape index (κ1) is 34.3. The summed E-state index contributed by atoms with van der Waals surface area (Å²) in [6.45, 7) is 2.72. The molecule has 0 radical (unpaired) electrons. The number of aliphatic carboxylic acids is 1. The van der Waals surface area contributed by atoms with Crippen LogP contribution >= 0.6 is 0 Å². The Labute approximate surface area is 245 Å². The van der Waals surface area contributed by atoms with Crippen molar-refractivity contribution in [2.24, 2.45) is 5.92 Å². The first-order valence-corrected chi connectivity index (χ1v) is 15.2. The summed E-state index contributed by atoms with van der Waals surface area (Å²) in [5, 5.41) is 9.65. The van der Waals surface area contributed by atoms with Gasteiger partial charge in [-0.15, -0.1) is 0 Å². The summed E-state index contributed by atoms with van der Waals surface area (Å²) in [6, 6.07) is 9.48. The number of likely N-dealkylation sites (tertiary alicyclic amines) is 1.